The highest BCUT2D eigenvalue weighted by Gasteiger charge is 2.24. The Morgan fingerprint density at radius 1 is 1.05 bits per heavy atom. The van der Waals surface area contributed by atoms with E-state index in [1.165, 1.54) is 5.56 Å². The maximum absolute atomic E-state index is 10.7. The van der Waals surface area contributed by atoms with E-state index < -0.39 is 6.10 Å². The Balaban J connectivity index is 2.34. The zero-order valence-corrected chi connectivity index (χ0v) is 12.3. The monoisotopic (exact) mass is 270 g/mol. The minimum Gasteiger partial charge on any atom is -0.385 e. The fourth-order valence-electron chi connectivity index (χ4n) is 2.51. The fourth-order valence-corrected chi connectivity index (χ4v) is 2.51. The fraction of sp³-hybridized carbons (Fsp3) is 0.333. The summed E-state index contributed by atoms with van der Waals surface area (Å²) < 4.78 is 5.78. The normalized spacial score (nSPS) is 14.0. The average molecular weight is 270 g/mol. The SMILES string of the molecule is CCOC(c1ccccc1)C(O)c1ccc(C)cc1C. The molecule has 2 heteroatoms. The van der Waals surface area contributed by atoms with E-state index in [4.69, 9.17) is 4.74 Å². The molecule has 106 valence electrons. The molecule has 0 aliphatic rings. The Labute approximate surface area is 121 Å². The van der Waals surface area contributed by atoms with Gasteiger partial charge < -0.3 is 9.84 Å². The van der Waals surface area contributed by atoms with E-state index in [0.717, 1.165) is 16.7 Å². The lowest BCUT2D eigenvalue weighted by molar-refractivity contribution is -0.0364. The zero-order valence-electron chi connectivity index (χ0n) is 12.3. The first-order valence-corrected chi connectivity index (χ1v) is 7.05. The third kappa shape index (κ3) is 3.27. The van der Waals surface area contributed by atoms with E-state index in [-0.39, 0.29) is 6.10 Å². The molecule has 2 aromatic rings. The second-order valence-electron chi connectivity index (χ2n) is 5.09. The van der Waals surface area contributed by atoms with Gasteiger partial charge in [0.25, 0.3) is 0 Å². The van der Waals surface area contributed by atoms with Crippen molar-refractivity contribution in [2.75, 3.05) is 6.61 Å². The first-order valence-electron chi connectivity index (χ1n) is 7.05. The van der Waals surface area contributed by atoms with Gasteiger partial charge in [-0.1, -0.05) is 54.1 Å². The molecule has 2 atom stereocenters. The largest absolute Gasteiger partial charge is 0.385 e. The lowest BCUT2D eigenvalue weighted by atomic mass is 9.94. The summed E-state index contributed by atoms with van der Waals surface area (Å²) in [6.45, 7) is 6.60. The number of rotatable bonds is 5. The molecule has 0 spiro atoms. The van der Waals surface area contributed by atoms with Gasteiger partial charge in [0.1, 0.15) is 12.2 Å². The van der Waals surface area contributed by atoms with Crippen molar-refractivity contribution in [2.24, 2.45) is 0 Å². The van der Waals surface area contributed by atoms with E-state index in [1.807, 2.05) is 56.3 Å². The highest BCUT2D eigenvalue weighted by molar-refractivity contribution is 5.34. The summed E-state index contributed by atoms with van der Waals surface area (Å²) in [5, 5.41) is 10.7. The summed E-state index contributed by atoms with van der Waals surface area (Å²) in [6.07, 6.45) is -0.986. The molecule has 1 N–H and O–H groups in total. The molecule has 0 aliphatic heterocycles. The highest BCUT2D eigenvalue weighted by Crippen LogP contribution is 2.33. The molecule has 0 saturated heterocycles. The van der Waals surface area contributed by atoms with Crippen LogP contribution < -0.4 is 0 Å². The molecule has 0 amide bonds. The summed E-state index contributed by atoms with van der Waals surface area (Å²) in [5.74, 6) is 0. The van der Waals surface area contributed by atoms with Crippen LogP contribution in [0.3, 0.4) is 0 Å². The van der Waals surface area contributed by atoms with Crippen LogP contribution >= 0.6 is 0 Å². The maximum atomic E-state index is 10.7. The average Bonchev–Trinajstić information content (AvgIpc) is 2.45. The summed E-state index contributed by atoms with van der Waals surface area (Å²) in [7, 11) is 0. The summed E-state index contributed by atoms with van der Waals surface area (Å²) in [5.41, 5.74) is 4.23. The van der Waals surface area contributed by atoms with Crippen LogP contribution in [0.1, 0.15) is 41.4 Å². The van der Waals surface area contributed by atoms with Gasteiger partial charge in [-0.05, 0) is 37.5 Å². The number of hydrogen-bond donors (Lipinski definition) is 1. The van der Waals surface area contributed by atoms with Gasteiger partial charge in [0, 0.05) is 6.61 Å². The van der Waals surface area contributed by atoms with Gasteiger partial charge in [-0.2, -0.15) is 0 Å². The first-order chi connectivity index (χ1) is 9.63. The lowest BCUT2D eigenvalue weighted by Gasteiger charge is -2.25. The van der Waals surface area contributed by atoms with E-state index in [2.05, 4.69) is 13.0 Å². The van der Waals surface area contributed by atoms with Crippen molar-refractivity contribution in [1.29, 1.82) is 0 Å². The molecule has 0 bridgehead atoms. The van der Waals surface area contributed by atoms with E-state index in [9.17, 15) is 5.11 Å². The topological polar surface area (TPSA) is 29.5 Å². The first kappa shape index (κ1) is 14.8. The van der Waals surface area contributed by atoms with Gasteiger partial charge >= 0.3 is 0 Å². The molecule has 0 aromatic heterocycles. The molecule has 0 saturated carbocycles. The Morgan fingerprint density at radius 2 is 1.75 bits per heavy atom. The van der Waals surface area contributed by atoms with Crippen LogP contribution in [0.5, 0.6) is 0 Å². The third-order valence-electron chi connectivity index (χ3n) is 3.51. The molecular weight excluding hydrogens is 248 g/mol. The predicted octanol–water partition coefficient (Wildman–Crippen LogP) is 4.11. The number of hydrogen-bond acceptors (Lipinski definition) is 2. The molecule has 0 fully saturated rings. The highest BCUT2D eigenvalue weighted by atomic mass is 16.5. The number of ether oxygens (including phenoxy) is 1. The Hall–Kier alpha value is -1.64. The molecule has 2 nitrogen and oxygen atoms in total. The van der Waals surface area contributed by atoms with Crippen molar-refractivity contribution in [2.45, 2.75) is 33.0 Å². The van der Waals surface area contributed by atoms with Crippen LogP contribution in [0.15, 0.2) is 48.5 Å². The minimum atomic E-state index is -0.655. The molecule has 0 heterocycles. The van der Waals surface area contributed by atoms with Crippen molar-refractivity contribution >= 4 is 0 Å². The van der Waals surface area contributed by atoms with Crippen molar-refractivity contribution in [3.05, 3.63) is 70.8 Å². The number of aryl methyl sites for hydroxylation is 2. The predicted molar refractivity (Wildman–Crippen MR) is 81.7 cm³/mol. The van der Waals surface area contributed by atoms with Crippen LogP contribution in [0.25, 0.3) is 0 Å². The van der Waals surface area contributed by atoms with Crippen LogP contribution in [0.2, 0.25) is 0 Å². The zero-order chi connectivity index (χ0) is 14.5. The van der Waals surface area contributed by atoms with Crippen LogP contribution in [0.4, 0.5) is 0 Å². The van der Waals surface area contributed by atoms with Gasteiger partial charge in [0.05, 0.1) is 0 Å². The summed E-state index contributed by atoms with van der Waals surface area (Å²) in [4.78, 5) is 0. The summed E-state index contributed by atoms with van der Waals surface area (Å²) >= 11 is 0. The number of aliphatic hydroxyl groups is 1. The second kappa shape index (κ2) is 6.69. The lowest BCUT2D eigenvalue weighted by Crippen LogP contribution is -2.15. The standard InChI is InChI=1S/C18H22O2/c1-4-20-18(15-8-6-5-7-9-15)17(19)16-11-10-13(2)12-14(16)3/h5-12,17-19H,4H2,1-3H3. The number of benzene rings is 2. The van der Waals surface area contributed by atoms with Crippen molar-refractivity contribution < 1.29 is 9.84 Å². The quantitative estimate of drug-likeness (QED) is 0.885. The Bertz CT molecular complexity index is 549. The molecule has 2 rings (SSSR count). The van der Waals surface area contributed by atoms with Crippen LogP contribution in [-0.2, 0) is 4.74 Å². The molecule has 0 aliphatic carbocycles. The number of aliphatic hydroxyl groups excluding tert-OH is 1. The van der Waals surface area contributed by atoms with Gasteiger partial charge in [0.15, 0.2) is 0 Å². The van der Waals surface area contributed by atoms with Crippen LogP contribution in [-0.4, -0.2) is 11.7 Å². The Morgan fingerprint density at radius 3 is 2.35 bits per heavy atom. The van der Waals surface area contributed by atoms with E-state index in [1.54, 1.807) is 0 Å². The smallest absolute Gasteiger partial charge is 0.113 e. The maximum Gasteiger partial charge on any atom is 0.113 e. The third-order valence-corrected chi connectivity index (χ3v) is 3.51. The molecule has 0 radical (unpaired) electrons. The molecule has 2 aromatic carbocycles. The molecule has 20 heavy (non-hydrogen) atoms. The summed E-state index contributed by atoms with van der Waals surface area (Å²) in [6, 6.07) is 16.0. The Kier molecular flexibility index (Phi) is 4.94. The van der Waals surface area contributed by atoms with Gasteiger partial charge in [-0.25, -0.2) is 0 Å². The van der Waals surface area contributed by atoms with E-state index >= 15 is 0 Å². The van der Waals surface area contributed by atoms with E-state index in [0.29, 0.717) is 6.61 Å². The van der Waals surface area contributed by atoms with Gasteiger partial charge in [0.2, 0.25) is 0 Å². The molecule has 2 unspecified atom stereocenters. The van der Waals surface area contributed by atoms with Crippen molar-refractivity contribution in [3.63, 3.8) is 0 Å². The minimum absolute atomic E-state index is 0.331. The van der Waals surface area contributed by atoms with Gasteiger partial charge in [-0.15, -0.1) is 0 Å². The van der Waals surface area contributed by atoms with Gasteiger partial charge in [-0.3, -0.25) is 0 Å². The van der Waals surface area contributed by atoms with Crippen molar-refractivity contribution in [1.82, 2.24) is 0 Å². The van der Waals surface area contributed by atoms with Crippen LogP contribution in [0, 0.1) is 13.8 Å². The van der Waals surface area contributed by atoms with Crippen molar-refractivity contribution in [3.8, 4) is 0 Å². The second-order valence-corrected chi connectivity index (χ2v) is 5.09. The molecular formula is C18H22O2.